The first-order valence-corrected chi connectivity index (χ1v) is 9.01. The van der Waals surface area contributed by atoms with Crippen LogP contribution < -0.4 is 5.32 Å². The first kappa shape index (κ1) is 17.4. The van der Waals surface area contributed by atoms with Crippen molar-refractivity contribution in [1.29, 1.82) is 0 Å². The van der Waals surface area contributed by atoms with Crippen molar-refractivity contribution in [3.63, 3.8) is 0 Å². The van der Waals surface area contributed by atoms with E-state index in [1.165, 1.54) is 18.2 Å². The van der Waals surface area contributed by atoms with E-state index >= 15 is 0 Å². The van der Waals surface area contributed by atoms with Crippen molar-refractivity contribution < 1.29 is 17.2 Å². The van der Waals surface area contributed by atoms with Gasteiger partial charge in [0, 0.05) is 12.3 Å². The van der Waals surface area contributed by atoms with Gasteiger partial charge in [-0.1, -0.05) is 0 Å². The second-order valence-electron chi connectivity index (χ2n) is 5.72. The van der Waals surface area contributed by atoms with Gasteiger partial charge in [-0.15, -0.1) is 0 Å². The van der Waals surface area contributed by atoms with Crippen molar-refractivity contribution in [3.05, 3.63) is 58.7 Å². The van der Waals surface area contributed by atoms with Gasteiger partial charge in [0.15, 0.2) is 9.84 Å². The SMILES string of the molecule is Cc1cc(F)cc(C(C)Nc2cc(F)ccc2S(C)(=O)=O)c1C. The van der Waals surface area contributed by atoms with E-state index in [0.717, 1.165) is 29.5 Å². The molecule has 1 atom stereocenters. The fraction of sp³-hybridized carbons (Fsp3) is 0.294. The van der Waals surface area contributed by atoms with Crippen molar-refractivity contribution in [3.8, 4) is 0 Å². The summed E-state index contributed by atoms with van der Waals surface area (Å²) in [5, 5.41) is 2.98. The third-order valence-corrected chi connectivity index (χ3v) is 5.01. The Hall–Kier alpha value is -1.95. The number of rotatable bonds is 4. The van der Waals surface area contributed by atoms with Crippen LogP contribution in [-0.4, -0.2) is 14.7 Å². The predicted molar refractivity (Wildman–Crippen MR) is 87.4 cm³/mol. The second-order valence-corrected chi connectivity index (χ2v) is 7.70. The molecule has 6 heteroatoms. The number of anilines is 1. The minimum atomic E-state index is -3.51. The van der Waals surface area contributed by atoms with Crippen molar-refractivity contribution in [2.24, 2.45) is 0 Å². The molecule has 0 aliphatic carbocycles. The summed E-state index contributed by atoms with van der Waals surface area (Å²) in [6.45, 7) is 5.45. The van der Waals surface area contributed by atoms with Gasteiger partial charge >= 0.3 is 0 Å². The Morgan fingerprint density at radius 3 is 2.30 bits per heavy atom. The minimum Gasteiger partial charge on any atom is -0.377 e. The molecule has 0 amide bonds. The number of hydrogen-bond donors (Lipinski definition) is 1. The van der Waals surface area contributed by atoms with Crippen LogP contribution in [0.2, 0.25) is 0 Å². The van der Waals surface area contributed by atoms with E-state index < -0.39 is 15.7 Å². The summed E-state index contributed by atoms with van der Waals surface area (Å²) in [7, 11) is -3.51. The molecule has 0 fully saturated rings. The molecule has 0 heterocycles. The topological polar surface area (TPSA) is 46.2 Å². The molecule has 0 aromatic heterocycles. The van der Waals surface area contributed by atoms with Crippen molar-refractivity contribution in [2.75, 3.05) is 11.6 Å². The first-order chi connectivity index (χ1) is 10.6. The number of sulfone groups is 1. The molecule has 1 N–H and O–H groups in total. The van der Waals surface area contributed by atoms with E-state index in [1.807, 2.05) is 6.92 Å². The van der Waals surface area contributed by atoms with E-state index in [4.69, 9.17) is 0 Å². The number of nitrogens with one attached hydrogen (secondary N) is 1. The van der Waals surface area contributed by atoms with Crippen LogP contribution >= 0.6 is 0 Å². The van der Waals surface area contributed by atoms with Gasteiger partial charge in [-0.3, -0.25) is 0 Å². The Kier molecular flexibility index (Phi) is 4.75. The Morgan fingerprint density at radius 2 is 1.70 bits per heavy atom. The molecule has 0 aliphatic heterocycles. The summed E-state index contributed by atoms with van der Waals surface area (Å²) in [5.41, 5.74) is 2.58. The molecule has 124 valence electrons. The van der Waals surface area contributed by atoms with E-state index in [0.29, 0.717) is 5.56 Å². The summed E-state index contributed by atoms with van der Waals surface area (Å²) in [6.07, 6.45) is 1.06. The maximum atomic E-state index is 13.7. The Bertz CT molecular complexity index is 848. The zero-order valence-corrected chi connectivity index (χ0v) is 14.3. The molecule has 1 unspecified atom stereocenters. The van der Waals surface area contributed by atoms with Crippen LogP contribution in [0.5, 0.6) is 0 Å². The van der Waals surface area contributed by atoms with E-state index in [9.17, 15) is 17.2 Å². The predicted octanol–water partition coefficient (Wildman–Crippen LogP) is 4.16. The lowest BCUT2D eigenvalue weighted by Crippen LogP contribution is -2.12. The molecule has 23 heavy (non-hydrogen) atoms. The van der Waals surface area contributed by atoms with Gasteiger partial charge in [-0.2, -0.15) is 0 Å². The normalized spacial score (nSPS) is 13.0. The molecular formula is C17H19F2NO2S. The molecule has 0 radical (unpaired) electrons. The van der Waals surface area contributed by atoms with Crippen molar-refractivity contribution in [1.82, 2.24) is 0 Å². The molecule has 0 aliphatic rings. The van der Waals surface area contributed by atoms with Crippen LogP contribution in [-0.2, 0) is 9.84 Å². The average Bonchev–Trinajstić information content (AvgIpc) is 2.41. The third kappa shape index (κ3) is 3.88. The highest BCUT2D eigenvalue weighted by Crippen LogP contribution is 2.29. The van der Waals surface area contributed by atoms with Gasteiger partial charge in [0.25, 0.3) is 0 Å². The van der Waals surface area contributed by atoms with Crippen molar-refractivity contribution >= 4 is 15.5 Å². The molecule has 0 saturated carbocycles. The van der Waals surface area contributed by atoms with E-state index in [1.54, 1.807) is 13.8 Å². The number of benzene rings is 2. The maximum Gasteiger partial charge on any atom is 0.177 e. The largest absolute Gasteiger partial charge is 0.377 e. The molecule has 2 aromatic carbocycles. The van der Waals surface area contributed by atoms with Gasteiger partial charge < -0.3 is 5.32 Å². The molecule has 2 rings (SSSR count). The van der Waals surface area contributed by atoms with Gasteiger partial charge in [0.2, 0.25) is 0 Å². The molecular weight excluding hydrogens is 320 g/mol. The Labute approximate surface area is 135 Å². The highest BCUT2D eigenvalue weighted by molar-refractivity contribution is 7.90. The number of hydrogen-bond acceptors (Lipinski definition) is 3. The van der Waals surface area contributed by atoms with Gasteiger partial charge in [0.1, 0.15) is 11.6 Å². The minimum absolute atomic E-state index is 0.0107. The summed E-state index contributed by atoms with van der Waals surface area (Å²) >= 11 is 0. The number of halogens is 2. The standard InChI is InChI=1S/C17H19F2NO2S/c1-10-7-14(19)8-15(11(10)2)12(3)20-16-9-13(18)5-6-17(16)23(4,21)22/h5-9,12,20H,1-4H3. The van der Waals surface area contributed by atoms with Crippen LogP contribution in [0, 0.1) is 25.5 Å². The summed E-state index contributed by atoms with van der Waals surface area (Å²) in [5.74, 6) is -0.904. The van der Waals surface area contributed by atoms with Crippen LogP contribution in [0.15, 0.2) is 35.2 Å². The highest BCUT2D eigenvalue weighted by atomic mass is 32.2. The summed E-state index contributed by atoms with van der Waals surface area (Å²) in [6, 6.07) is 5.92. The lowest BCUT2D eigenvalue weighted by molar-refractivity contribution is 0.600. The Morgan fingerprint density at radius 1 is 1.04 bits per heavy atom. The lowest BCUT2D eigenvalue weighted by atomic mass is 9.98. The molecule has 0 spiro atoms. The zero-order chi connectivity index (χ0) is 17.4. The quantitative estimate of drug-likeness (QED) is 0.851. The van der Waals surface area contributed by atoms with Crippen LogP contribution in [0.3, 0.4) is 0 Å². The zero-order valence-electron chi connectivity index (χ0n) is 13.4. The molecule has 0 bridgehead atoms. The summed E-state index contributed by atoms with van der Waals surface area (Å²) in [4.78, 5) is 0.0107. The van der Waals surface area contributed by atoms with E-state index in [2.05, 4.69) is 5.32 Å². The smallest absolute Gasteiger partial charge is 0.177 e. The molecule has 0 saturated heterocycles. The van der Waals surface area contributed by atoms with Crippen LogP contribution in [0.4, 0.5) is 14.5 Å². The summed E-state index contributed by atoms with van der Waals surface area (Å²) < 4.78 is 50.8. The highest BCUT2D eigenvalue weighted by Gasteiger charge is 2.18. The second kappa shape index (κ2) is 6.28. The third-order valence-electron chi connectivity index (χ3n) is 3.85. The van der Waals surface area contributed by atoms with Gasteiger partial charge in [-0.05, 0) is 67.8 Å². The maximum absolute atomic E-state index is 13.7. The van der Waals surface area contributed by atoms with E-state index in [-0.39, 0.29) is 22.4 Å². The number of aryl methyl sites for hydroxylation is 1. The molecule has 3 nitrogen and oxygen atoms in total. The Balaban J connectivity index is 2.46. The lowest BCUT2D eigenvalue weighted by Gasteiger charge is -2.21. The first-order valence-electron chi connectivity index (χ1n) is 7.12. The van der Waals surface area contributed by atoms with Crippen LogP contribution in [0.25, 0.3) is 0 Å². The fourth-order valence-corrected chi connectivity index (χ4v) is 3.37. The monoisotopic (exact) mass is 339 g/mol. The fourth-order valence-electron chi connectivity index (χ4n) is 2.54. The molecule has 2 aromatic rings. The van der Waals surface area contributed by atoms with Crippen LogP contribution in [0.1, 0.15) is 29.7 Å². The average molecular weight is 339 g/mol. The van der Waals surface area contributed by atoms with Crippen molar-refractivity contribution in [2.45, 2.75) is 31.7 Å². The van der Waals surface area contributed by atoms with Gasteiger partial charge in [-0.25, -0.2) is 17.2 Å². The van der Waals surface area contributed by atoms with Gasteiger partial charge in [0.05, 0.1) is 10.6 Å².